The van der Waals surface area contributed by atoms with E-state index in [-0.39, 0.29) is 0 Å². The SMILES string of the molecule is N/C(=N/N=C\c1ccc(N2CCOCC2)cc1)c1ccccn1. The van der Waals surface area contributed by atoms with Crippen LogP contribution >= 0.6 is 0 Å². The number of rotatable bonds is 4. The minimum absolute atomic E-state index is 0.298. The van der Waals surface area contributed by atoms with Crippen molar-refractivity contribution in [3.63, 3.8) is 0 Å². The Morgan fingerprint density at radius 2 is 1.91 bits per heavy atom. The number of hydrogen-bond donors (Lipinski definition) is 1. The monoisotopic (exact) mass is 309 g/mol. The van der Waals surface area contributed by atoms with Crippen molar-refractivity contribution in [2.75, 3.05) is 31.2 Å². The molecule has 0 saturated carbocycles. The number of benzene rings is 1. The predicted octanol–water partition coefficient (Wildman–Crippen LogP) is 1.66. The molecule has 0 atom stereocenters. The Kier molecular flexibility index (Phi) is 4.95. The van der Waals surface area contributed by atoms with Crippen LogP contribution < -0.4 is 10.6 Å². The van der Waals surface area contributed by atoms with Crippen molar-refractivity contribution in [2.45, 2.75) is 0 Å². The number of morpholine rings is 1. The van der Waals surface area contributed by atoms with Gasteiger partial charge in [0.25, 0.3) is 0 Å². The summed E-state index contributed by atoms with van der Waals surface area (Å²) in [5, 5.41) is 8.00. The third-order valence-corrected chi connectivity index (χ3v) is 3.57. The Balaban J connectivity index is 1.63. The van der Waals surface area contributed by atoms with E-state index in [0.29, 0.717) is 11.5 Å². The molecule has 1 saturated heterocycles. The second-order valence-corrected chi connectivity index (χ2v) is 5.14. The van der Waals surface area contributed by atoms with Crippen LogP contribution in [0.25, 0.3) is 0 Å². The lowest BCUT2D eigenvalue weighted by Gasteiger charge is -2.28. The third-order valence-electron chi connectivity index (χ3n) is 3.57. The smallest absolute Gasteiger partial charge is 0.171 e. The molecule has 2 N–H and O–H groups in total. The van der Waals surface area contributed by atoms with Gasteiger partial charge in [-0.15, -0.1) is 5.10 Å². The standard InChI is InChI=1S/C17H19N5O/c18-17(16-3-1-2-8-19-16)21-20-13-14-4-6-15(7-5-14)22-9-11-23-12-10-22/h1-8,13H,9-12H2,(H2,18,21)/b20-13-. The highest BCUT2D eigenvalue weighted by Crippen LogP contribution is 2.15. The molecule has 0 spiro atoms. The minimum atomic E-state index is 0.298. The summed E-state index contributed by atoms with van der Waals surface area (Å²) in [6.07, 6.45) is 3.35. The lowest BCUT2D eigenvalue weighted by Crippen LogP contribution is -2.36. The number of nitrogens with two attached hydrogens (primary N) is 1. The molecular weight excluding hydrogens is 290 g/mol. The summed E-state index contributed by atoms with van der Waals surface area (Å²) in [7, 11) is 0. The van der Waals surface area contributed by atoms with Gasteiger partial charge in [0.15, 0.2) is 5.84 Å². The summed E-state index contributed by atoms with van der Waals surface area (Å²) < 4.78 is 5.36. The molecule has 1 fully saturated rings. The van der Waals surface area contributed by atoms with Crippen molar-refractivity contribution in [3.05, 3.63) is 59.9 Å². The fourth-order valence-corrected chi connectivity index (χ4v) is 2.32. The van der Waals surface area contributed by atoms with E-state index in [4.69, 9.17) is 10.5 Å². The minimum Gasteiger partial charge on any atom is -0.380 e. The molecule has 1 aromatic carbocycles. The maximum atomic E-state index is 5.84. The van der Waals surface area contributed by atoms with Gasteiger partial charge in [0.2, 0.25) is 0 Å². The van der Waals surface area contributed by atoms with Crippen LogP contribution in [0, 0.1) is 0 Å². The maximum absolute atomic E-state index is 5.84. The van der Waals surface area contributed by atoms with Gasteiger partial charge >= 0.3 is 0 Å². The summed E-state index contributed by atoms with van der Waals surface area (Å²) in [6.45, 7) is 3.42. The number of pyridine rings is 1. The van der Waals surface area contributed by atoms with E-state index in [9.17, 15) is 0 Å². The summed E-state index contributed by atoms with van der Waals surface area (Å²) in [5.41, 5.74) is 8.62. The molecule has 0 amide bonds. The Labute approximate surface area is 135 Å². The third kappa shape index (κ3) is 4.14. The lowest BCUT2D eigenvalue weighted by atomic mass is 10.2. The first-order valence-corrected chi connectivity index (χ1v) is 7.53. The van der Waals surface area contributed by atoms with Gasteiger partial charge in [0.1, 0.15) is 5.69 Å². The van der Waals surface area contributed by atoms with Crippen molar-refractivity contribution in [1.82, 2.24) is 4.98 Å². The zero-order chi connectivity index (χ0) is 15.9. The molecule has 2 aromatic rings. The van der Waals surface area contributed by atoms with Gasteiger partial charge in [-0.25, -0.2) is 0 Å². The lowest BCUT2D eigenvalue weighted by molar-refractivity contribution is 0.122. The number of anilines is 1. The molecule has 6 nitrogen and oxygen atoms in total. The van der Waals surface area contributed by atoms with E-state index in [0.717, 1.165) is 31.9 Å². The molecule has 1 aliphatic rings. The first kappa shape index (κ1) is 15.2. The number of aromatic nitrogens is 1. The first-order chi connectivity index (χ1) is 11.3. The van der Waals surface area contributed by atoms with E-state index in [1.54, 1.807) is 18.5 Å². The summed E-state index contributed by atoms with van der Waals surface area (Å²) >= 11 is 0. The molecule has 0 radical (unpaired) electrons. The van der Waals surface area contributed by atoms with Crippen molar-refractivity contribution >= 4 is 17.7 Å². The van der Waals surface area contributed by atoms with Crippen LogP contribution in [0.2, 0.25) is 0 Å². The van der Waals surface area contributed by atoms with E-state index >= 15 is 0 Å². The molecule has 1 aromatic heterocycles. The highest BCUT2D eigenvalue weighted by molar-refractivity contribution is 5.95. The molecular formula is C17H19N5O. The molecule has 1 aliphatic heterocycles. The van der Waals surface area contributed by atoms with Gasteiger partial charge in [0.05, 0.1) is 19.4 Å². The second kappa shape index (κ2) is 7.51. The second-order valence-electron chi connectivity index (χ2n) is 5.14. The highest BCUT2D eigenvalue weighted by Gasteiger charge is 2.10. The topological polar surface area (TPSA) is 76.1 Å². The molecule has 0 unspecified atom stereocenters. The van der Waals surface area contributed by atoms with Gasteiger partial charge < -0.3 is 15.4 Å². The van der Waals surface area contributed by atoms with Gasteiger partial charge in [-0.05, 0) is 29.8 Å². The zero-order valence-electron chi connectivity index (χ0n) is 12.8. The van der Waals surface area contributed by atoms with Crippen LogP contribution in [0.3, 0.4) is 0 Å². The summed E-state index contributed by atoms with van der Waals surface area (Å²) in [4.78, 5) is 6.43. The number of nitrogens with zero attached hydrogens (tertiary/aromatic N) is 4. The van der Waals surface area contributed by atoms with Crippen molar-refractivity contribution < 1.29 is 4.74 Å². The largest absolute Gasteiger partial charge is 0.380 e. The quantitative estimate of drug-likeness (QED) is 0.529. The van der Waals surface area contributed by atoms with E-state index in [2.05, 4.69) is 32.2 Å². The van der Waals surface area contributed by atoms with E-state index in [1.807, 2.05) is 24.3 Å². The van der Waals surface area contributed by atoms with E-state index < -0.39 is 0 Å². The van der Waals surface area contributed by atoms with Crippen LogP contribution in [0.1, 0.15) is 11.3 Å². The molecule has 0 aliphatic carbocycles. The van der Waals surface area contributed by atoms with Crippen LogP contribution in [0.15, 0.2) is 58.9 Å². The Hall–Kier alpha value is -2.73. The zero-order valence-corrected chi connectivity index (χ0v) is 12.8. The predicted molar refractivity (Wildman–Crippen MR) is 92.0 cm³/mol. The van der Waals surface area contributed by atoms with Crippen molar-refractivity contribution in [3.8, 4) is 0 Å². The average Bonchev–Trinajstić information content (AvgIpc) is 2.64. The fourth-order valence-electron chi connectivity index (χ4n) is 2.32. The van der Waals surface area contributed by atoms with Gasteiger partial charge in [-0.1, -0.05) is 18.2 Å². The van der Waals surface area contributed by atoms with Crippen LogP contribution in [0.4, 0.5) is 5.69 Å². The maximum Gasteiger partial charge on any atom is 0.171 e. The summed E-state index contributed by atoms with van der Waals surface area (Å²) in [5.74, 6) is 0.298. The number of hydrogen-bond acceptors (Lipinski definition) is 5. The van der Waals surface area contributed by atoms with Crippen LogP contribution in [-0.4, -0.2) is 43.3 Å². The normalized spacial score (nSPS) is 16.0. The Morgan fingerprint density at radius 1 is 1.13 bits per heavy atom. The summed E-state index contributed by atoms with van der Waals surface area (Å²) in [6, 6.07) is 13.7. The van der Waals surface area contributed by atoms with Crippen LogP contribution in [-0.2, 0) is 4.74 Å². The van der Waals surface area contributed by atoms with Gasteiger partial charge in [0, 0.05) is 25.0 Å². The van der Waals surface area contributed by atoms with Crippen molar-refractivity contribution in [2.24, 2.45) is 15.9 Å². The Bertz CT molecular complexity index is 676. The number of ether oxygens (including phenoxy) is 1. The molecule has 0 bridgehead atoms. The fraction of sp³-hybridized carbons (Fsp3) is 0.235. The molecule has 118 valence electrons. The molecule has 23 heavy (non-hydrogen) atoms. The van der Waals surface area contributed by atoms with Crippen molar-refractivity contribution in [1.29, 1.82) is 0 Å². The molecule has 3 rings (SSSR count). The first-order valence-electron chi connectivity index (χ1n) is 7.53. The molecule has 2 heterocycles. The number of amidine groups is 1. The van der Waals surface area contributed by atoms with Gasteiger partial charge in [-0.3, -0.25) is 4.98 Å². The Morgan fingerprint density at radius 3 is 2.61 bits per heavy atom. The highest BCUT2D eigenvalue weighted by atomic mass is 16.5. The molecule has 6 heteroatoms. The van der Waals surface area contributed by atoms with E-state index in [1.165, 1.54) is 5.69 Å². The average molecular weight is 309 g/mol. The van der Waals surface area contributed by atoms with Crippen LogP contribution in [0.5, 0.6) is 0 Å². The van der Waals surface area contributed by atoms with Gasteiger partial charge in [-0.2, -0.15) is 5.10 Å².